The Kier molecular flexibility index (Phi) is 4.10. The molecule has 0 saturated carbocycles. The van der Waals surface area contributed by atoms with Gasteiger partial charge in [-0.2, -0.15) is 0 Å². The van der Waals surface area contributed by atoms with Crippen molar-refractivity contribution < 1.29 is 4.74 Å². The zero-order valence-electron chi connectivity index (χ0n) is 10.8. The first-order chi connectivity index (χ1) is 8.15. The standard InChI is InChI=1S/C14H20BrNO/c1-9-7-12(15)14(17-3)13(10(9)2)11-5-4-6-16-8-11/h7,11,16H,4-6,8H2,1-3H3. The lowest BCUT2D eigenvalue weighted by molar-refractivity contribution is 0.389. The molecule has 1 atom stereocenters. The number of ether oxygens (including phenoxy) is 1. The van der Waals surface area contributed by atoms with Gasteiger partial charge in [0.2, 0.25) is 0 Å². The van der Waals surface area contributed by atoms with Crippen LogP contribution in [-0.2, 0) is 0 Å². The van der Waals surface area contributed by atoms with E-state index in [0.717, 1.165) is 23.3 Å². The van der Waals surface area contributed by atoms with E-state index in [2.05, 4.69) is 41.2 Å². The molecule has 1 aromatic carbocycles. The maximum absolute atomic E-state index is 5.59. The highest BCUT2D eigenvalue weighted by Crippen LogP contribution is 2.40. The van der Waals surface area contributed by atoms with Gasteiger partial charge in [0, 0.05) is 18.0 Å². The number of nitrogens with one attached hydrogen (secondary N) is 1. The molecule has 17 heavy (non-hydrogen) atoms. The minimum Gasteiger partial charge on any atom is -0.495 e. The summed E-state index contributed by atoms with van der Waals surface area (Å²) in [5.74, 6) is 1.59. The Hall–Kier alpha value is -0.540. The van der Waals surface area contributed by atoms with Gasteiger partial charge in [-0.25, -0.2) is 0 Å². The van der Waals surface area contributed by atoms with Crippen LogP contribution in [0.2, 0.25) is 0 Å². The fraction of sp³-hybridized carbons (Fsp3) is 0.571. The van der Waals surface area contributed by atoms with E-state index in [4.69, 9.17) is 4.74 Å². The Morgan fingerprint density at radius 1 is 1.41 bits per heavy atom. The Bertz CT molecular complexity index is 411. The predicted octanol–water partition coefficient (Wildman–Crippen LogP) is 3.54. The molecular weight excluding hydrogens is 278 g/mol. The normalized spacial score (nSPS) is 20.4. The van der Waals surface area contributed by atoms with Crippen molar-refractivity contribution in [2.75, 3.05) is 20.2 Å². The molecule has 1 saturated heterocycles. The van der Waals surface area contributed by atoms with Crippen molar-refractivity contribution in [1.29, 1.82) is 0 Å². The van der Waals surface area contributed by atoms with E-state index in [1.165, 1.54) is 29.5 Å². The summed E-state index contributed by atoms with van der Waals surface area (Å²) < 4.78 is 6.66. The third kappa shape index (κ3) is 2.50. The van der Waals surface area contributed by atoms with Crippen molar-refractivity contribution in [3.8, 4) is 5.75 Å². The van der Waals surface area contributed by atoms with Crippen molar-refractivity contribution in [3.05, 3.63) is 27.2 Å². The Balaban J connectivity index is 2.48. The van der Waals surface area contributed by atoms with E-state index in [9.17, 15) is 0 Å². The minimum atomic E-state index is 0.579. The SMILES string of the molecule is COc1c(Br)cc(C)c(C)c1C1CCCNC1. The molecule has 1 unspecified atom stereocenters. The first kappa shape index (κ1) is 12.9. The minimum absolute atomic E-state index is 0.579. The first-order valence-electron chi connectivity index (χ1n) is 6.19. The molecule has 2 rings (SSSR count). The quantitative estimate of drug-likeness (QED) is 0.901. The molecule has 0 spiro atoms. The van der Waals surface area contributed by atoms with E-state index < -0.39 is 0 Å². The van der Waals surface area contributed by atoms with Crippen molar-refractivity contribution in [3.63, 3.8) is 0 Å². The molecule has 1 aromatic rings. The fourth-order valence-corrected chi connectivity index (χ4v) is 3.39. The lowest BCUT2D eigenvalue weighted by Crippen LogP contribution is -2.29. The van der Waals surface area contributed by atoms with Crippen LogP contribution < -0.4 is 10.1 Å². The number of rotatable bonds is 2. The summed E-state index contributed by atoms with van der Waals surface area (Å²) in [4.78, 5) is 0. The summed E-state index contributed by atoms with van der Waals surface area (Å²) in [5, 5.41) is 3.48. The monoisotopic (exact) mass is 297 g/mol. The summed E-state index contributed by atoms with van der Waals surface area (Å²) in [5.41, 5.74) is 4.09. The van der Waals surface area contributed by atoms with Crippen LogP contribution in [0.1, 0.15) is 35.4 Å². The van der Waals surface area contributed by atoms with Crippen LogP contribution in [0.4, 0.5) is 0 Å². The van der Waals surface area contributed by atoms with Crippen LogP contribution in [-0.4, -0.2) is 20.2 Å². The smallest absolute Gasteiger partial charge is 0.136 e. The summed E-state index contributed by atoms with van der Waals surface area (Å²) in [6.07, 6.45) is 2.50. The van der Waals surface area contributed by atoms with E-state index in [-0.39, 0.29) is 0 Å². The summed E-state index contributed by atoms with van der Waals surface area (Å²) in [6, 6.07) is 2.15. The molecule has 1 aliphatic rings. The fourth-order valence-electron chi connectivity index (χ4n) is 2.67. The Labute approximate surface area is 112 Å². The van der Waals surface area contributed by atoms with E-state index in [1.54, 1.807) is 7.11 Å². The van der Waals surface area contributed by atoms with Crippen LogP contribution in [0.25, 0.3) is 0 Å². The molecule has 2 nitrogen and oxygen atoms in total. The molecule has 0 amide bonds. The van der Waals surface area contributed by atoms with Crippen molar-refractivity contribution in [2.24, 2.45) is 0 Å². The summed E-state index contributed by atoms with van der Waals surface area (Å²) in [6.45, 7) is 6.57. The number of aryl methyl sites for hydroxylation is 1. The largest absolute Gasteiger partial charge is 0.495 e. The lowest BCUT2D eigenvalue weighted by atomic mass is 9.86. The number of benzene rings is 1. The van der Waals surface area contributed by atoms with Crippen LogP contribution in [0, 0.1) is 13.8 Å². The topological polar surface area (TPSA) is 21.3 Å². The van der Waals surface area contributed by atoms with Crippen LogP contribution in [0.3, 0.4) is 0 Å². The lowest BCUT2D eigenvalue weighted by Gasteiger charge is -2.27. The molecule has 1 aliphatic heterocycles. The van der Waals surface area contributed by atoms with Gasteiger partial charge in [0.1, 0.15) is 5.75 Å². The zero-order chi connectivity index (χ0) is 12.4. The number of piperidine rings is 1. The van der Waals surface area contributed by atoms with Gasteiger partial charge in [-0.3, -0.25) is 0 Å². The van der Waals surface area contributed by atoms with E-state index in [1.807, 2.05) is 0 Å². The van der Waals surface area contributed by atoms with Gasteiger partial charge >= 0.3 is 0 Å². The maximum Gasteiger partial charge on any atom is 0.136 e. The molecule has 1 N–H and O–H groups in total. The van der Waals surface area contributed by atoms with Gasteiger partial charge in [-0.05, 0) is 66.4 Å². The predicted molar refractivity (Wildman–Crippen MR) is 75.0 cm³/mol. The molecule has 1 fully saturated rings. The molecule has 0 aromatic heterocycles. The Morgan fingerprint density at radius 2 is 2.18 bits per heavy atom. The van der Waals surface area contributed by atoms with Crippen LogP contribution in [0.5, 0.6) is 5.75 Å². The highest BCUT2D eigenvalue weighted by molar-refractivity contribution is 9.10. The third-order valence-corrected chi connectivity index (χ3v) is 4.30. The zero-order valence-corrected chi connectivity index (χ0v) is 12.4. The molecule has 0 radical (unpaired) electrons. The number of hydrogen-bond donors (Lipinski definition) is 1. The average Bonchev–Trinajstić information content (AvgIpc) is 2.34. The van der Waals surface area contributed by atoms with Gasteiger partial charge in [0.05, 0.1) is 11.6 Å². The first-order valence-corrected chi connectivity index (χ1v) is 6.98. The van der Waals surface area contributed by atoms with Gasteiger partial charge in [0.15, 0.2) is 0 Å². The van der Waals surface area contributed by atoms with Crippen LogP contribution >= 0.6 is 15.9 Å². The van der Waals surface area contributed by atoms with Crippen molar-refractivity contribution >= 4 is 15.9 Å². The second-order valence-electron chi connectivity index (χ2n) is 4.79. The maximum atomic E-state index is 5.59. The molecule has 1 heterocycles. The highest BCUT2D eigenvalue weighted by Gasteiger charge is 2.23. The number of halogens is 1. The molecule has 94 valence electrons. The highest BCUT2D eigenvalue weighted by atomic mass is 79.9. The van der Waals surface area contributed by atoms with Crippen molar-refractivity contribution in [1.82, 2.24) is 5.32 Å². The van der Waals surface area contributed by atoms with Gasteiger partial charge < -0.3 is 10.1 Å². The second-order valence-corrected chi connectivity index (χ2v) is 5.64. The molecule has 0 bridgehead atoms. The molecule has 3 heteroatoms. The van der Waals surface area contributed by atoms with Gasteiger partial charge in [0.25, 0.3) is 0 Å². The second kappa shape index (κ2) is 5.40. The Morgan fingerprint density at radius 3 is 2.76 bits per heavy atom. The number of methoxy groups -OCH3 is 1. The van der Waals surface area contributed by atoms with E-state index in [0.29, 0.717) is 5.92 Å². The molecule has 0 aliphatic carbocycles. The molecular formula is C14H20BrNO. The summed E-state index contributed by atoms with van der Waals surface area (Å²) in [7, 11) is 1.76. The van der Waals surface area contributed by atoms with E-state index >= 15 is 0 Å². The van der Waals surface area contributed by atoms with Crippen molar-refractivity contribution in [2.45, 2.75) is 32.6 Å². The van der Waals surface area contributed by atoms with Gasteiger partial charge in [-0.15, -0.1) is 0 Å². The summed E-state index contributed by atoms with van der Waals surface area (Å²) >= 11 is 3.61. The van der Waals surface area contributed by atoms with Gasteiger partial charge in [-0.1, -0.05) is 0 Å². The van der Waals surface area contributed by atoms with Crippen LogP contribution in [0.15, 0.2) is 10.5 Å². The average molecular weight is 298 g/mol. The number of hydrogen-bond acceptors (Lipinski definition) is 2. The third-order valence-electron chi connectivity index (χ3n) is 3.71.